The van der Waals surface area contributed by atoms with E-state index in [0.717, 1.165) is 44.9 Å². The molecular weight excluding hydrogens is 472 g/mol. The zero-order chi connectivity index (χ0) is 26.2. The predicted octanol–water partition coefficient (Wildman–Crippen LogP) is 2.25. The summed E-state index contributed by atoms with van der Waals surface area (Å²) < 4.78 is 16.9. The molecule has 9 heteroatoms. The first-order valence-electron chi connectivity index (χ1n) is 12.9. The van der Waals surface area contributed by atoms with Crippen LogP contribution in [0.4, 0.5) is 0 Å². The van der Waals surface area contributed by atoms with E-state index in [0.29, 0.717) is 43.2 Å². The van der Waals surface area contributed by atoms with Crippen molar-refractivity contribution in [2.45, 2.75) is 25.4 Å². The maximum absolute atomic E-state index is 13.2. The van der Waals surface area contributed by atoms with E-state index in [1.807, 2.05) is 23.1 Å². The molecule has 2 heterocycles. The van der Waals surface area contributed by atoms with Crippen LogP contribution < -0.4 is 19.5 Å². The lowest BCUT2D eigenvalue weighted by Gasteiger charge is -2.35. The van der Waals surface area contributed by atoms with Crippen molar-refractivity contribution in [3.8, 4) is 17.2 Å². The number of carbonyl (C=O) groups is 2. The second kappa shape index (κ2) is 12.8. The lowest BCUT2D eigenvalue weighted by atomic mass is 10.1. The van der Waals surface area contributed by atoms with Gasteiger partial charge in [-0.15, -0.1) is 0 Å². The van der Waals surface area contributed by atoms with E-state index in [1.54, 1.807) is 26.4 Å². The van der Waals surface area contributed by atoms with Crippen LogP contribution in [0.2, 0.25) is 0 Å². The minimum Gasteiger partial charge on any atom is -0.496 e. The van der Waals surface area contributed by atoms with E-state index in [4.69, 9.17) is 14.2 Å². The predicted molar refractivity (Wildman–Crippen MR) is 141 cm³/mol. The van der Waals surface area contributed by atoms with Gasteiger partial charge in [0.05, 0.1) is 14.2 Å². The zero-order valence-corrected chi connectivity index (χ0v) is 22.1. The third kappa shape index (κ3) is 7.14. The Kier molecular flexibility index (Phi) is 9.24. The smallest absolute Gasteiger partial charge is 0.261 e. The van der Waals surface area contributed by atoms with Gasteiger partial charge in [0.1, 0.15) is 29.4 Å². The summed E-state index contributed by atoms with van der Waals surface area (Å²) >= 11 is 0. The Morgan fingerprint density at radius 2 is 1.76 bits per heavy atom. The first-order valence-corrected chi connectivity index (χ1v) is 12.9. The molecule has 0 bridgehead atoms. The fourth-order valence-corrected chi connectivity index (χ4v) is 4.99. The number of methoxy groups -OCH3 is 2. The minimum absolute atomic E-state index is 0.0673. The van der Waals surface area contributed by atoms with Gasteiger partial charge in [-0.1, -0.05) is 18.2 Å². The van der Waals surface area contributed by atoms with Crippen molar-refractivity contribution in [1.29, 1.82) is 0 Å². The first kappa shape index (κ1) is 26.8. The molecule has 2 aromatic rings. The molecule has 1 atom stereocenters. The molecule has 1 N–H and O–H groups in total. The van der Waals surface area contributed by atoms with E-state index < -0.39 is 0 Å². The van der Waals surface area contributed by atoms with Crippen LogP contribution in [0.5, 0.6) is 17.2 Å². The summed E-state index contributed by atoms with van der Waals surface area (Å²) in [5.41, 5.74) is 1.66. The molecule has 37 heavy (non-hydrogen) atoms. The lowest BCUT2D eigenvalue weighted by molar-refractivity contribution is -0.119. The van der Waals surface area contributed by atoms with E-state index >= 15 is 0 Å². The van der Waals surface area contributed by atoms with Gasteiger partial charge in [0.15, 0.2) is 0 Å². The molecule has 2 aromatic carbocycles. The lowest BCUT2D eigenvalue weighted by Crippen LogP contribution is -2.49. The normalized spacial score (nSPS) is 18.1. The summed E-state index contributed by atoms with van der Waals surface area (Å²) in [5, 5.41) is 3.03. The molecule has 0 aromatic heterocycles. The summed E-state index contributed by atoms with van der Waals surface area (Å²) in [6.07, 6.45) is 1.53. The molecule has 0 spiro atoms. The standard InChI is InChI=1S/C28H38N4O5/c1-30(20-22-10-11-26(33)29-22)19-21-6-4-7-23(18-21)37-17-16-31-12-14-32(15-13-31)28(34)27-24(35-2)8-5-9-25(27)36-3/h4-9,18,22H,10-17,19-20H2,1-3H3,(H,29,33). The number of piperazine rings is 1. The van der Waals surface area contributed by atoms with Gasteiger partial charge < -0.3 is 29.3 Å². The Hall–Kier alpha value is -3.30. The van der Waals surface area contributed by atoms with Gasteiger partial charge >= 0.3 is 0 Å². The fraction of sp³-hybridized carbons (Fsp3) is 0.500. The highest BCUT2D eigenvalue weighted by atomic mass is 16.5. The maximum atomic E-state index is 13.2. The number of benzene rings is 2. The van der Waals surface area contributed by atoms with Crippen molar-refractivity contribution in [1.82, 2.24) is 20.0 Å². The number of likely N-dealkylation sites (N-methyl/N-ethyl adjacent to an activating group) is 1. The number of nitrogens with one attached hydrogen (secondary N) is 1. The third-order valence-electron chi connectivity index (χ3n) is 6.95. The number of rotatable bonds is 11. The molecule has 9 nitrogen and oxygen atoms in total. The van der Waals surface area contributed by atoms with Gasteiger partial charge in [0.2, 0.25) is 5.91 Å². The minimum atomic E-state index is -0.0673. The van der Waals surface area contributed by atoms with Gasteiger partial charge in [-0.2, -0.15) is 0 Å². The van der Waals surface area contributed by atoms with Crippen LogP contribution in [-0.2, 0) is 11.3 Å². The molecule has 2 amide bonds. The molecule has 0 radical (unpaired) electrons. The highest BCUT2D eigenvalue weighted by Crippen LogP contribution is 2.30. The van der Waals surface area contributed by atoms with Crippen LogP contribution in [0.3, 0.4) is 0 Å². The summed E-state index contributed by atoms with van der Waals surface area (Å²) in [4.78, 5) is 31.0. The number of amides is 2. The Morgan fingerprint density at radius 1 is 1.05 bits per heavy atom. The van der Waals surface area contributed by atoms with Crippen LogP contribution >= 0.6 is 0 Å². The monoisotopic (exact) mass is 510 g/mol. The highest BCUT2D eigenvalue weighted by Gasteiger charge is 2.27. The van der Waals surface area contributed by atoms with Gasteiger partial charge in [0.25, 0.3) is 5.91 Å². The molecule has 2 saturated heterocycles. The van der Waals surface area contributed by atoms with Gasteiger partial charge in [-0.3, -0.25) is 14.5 Å². The number of hydrogen-bond donors (Lipinski definition) is 1. The van der Waals surface area contributed by atoms with Crippen molar-refractivity contribution in [2.24, 2.45) is 0 Å². The molecular formula is C28H38N4O5. The maximum Gasteiger partial charge on any atom is 0.261 e. The van der Waals surface area contributed by atoms with Gasteiger partial charge in [-0.25, -0.2) is 0 Å². The fourth-order valence-electron chi connectivity index (χ4n) is 4.99. The second-order valence-corrected chi connectivity index (χ2v) is 9.67. The summed E-state index contributed by atoms with van der Waals surface area (Å²) in [6, 6.07) is 13.8. The number of carbonyl (C=O) groups excluding carboxylic acids is 2. The Bertz CT molecular complexity index is 1050. The summed E-state index contributed by atoms with van der Waals surface area (Å²) in [5.74, 6) is 2.00. The van der Waals surface area contributed by atoms with E-state index in [-0.39, 0.29) is 17.9 Å². The van der Waals surface area contributed by atoms with Crippen LogP contribution in [-0.4, -0.2) is 99.7 Å². The molecule has 1 unspecified atom stereocenters. The Labute approximate surface area is 219 Å². The molecule has 4 rings (SSSR count). The molecule has 2 aliphatic rings. The Balaban J connectivity index is 1.21. The van der Waals surface area contributed by atoms with Crippen molar-refractivity contribution in [3.63, 3.8) is 0 Å². The second-order valence-electron chi connectivity index (χ2n) is 9.67. The highest BCUT2D eigenvalue weighted by molar-refractivity contribution is 5.99. The van der Waals surface area contributed by atoms with Gasteiger partial charge in [-0.05, 0) is 43.3 Å². The van der Waals surface area contributed by atoms with Crippen molar-refractivity contribution in [3.05, 3.63) is 53.6 Å². The first-order chi connectivity index (χ1) is 18.0. The number of hydrogen-bond acceptors (Lipinski definition) is 7. The van der Waals surface area contributed by atoms with E-state index in [1.165, 1.54) is 5.56 Å². The van der Waals surface area contributed by atoms with Crippen molar-refractivity contribution >= 4 is 11.8 Å². The zero-order valence-electron chi connectivity index (χ0n) is 22.1. The molecule has 2 fully saturated rings. The number of nitrogens with zero attached hydrogens (tertiary/aromatic N) is 3. The van der Waals surface area contributed by atoms with Crippen molar-refractivity contribution in [2.75, 3.05) is 67.1 Å². The topological polar surface area (TPSA) is 83.6 Å². The largest absolute Gasteiger partial charge is 0.496 e. The summed E-state index contributed by atoms with van der Waals surface area (Å²) in [6.45, 7) is 5.88. The molecule has 200 valence electrons. The molecule has 0 aliphatic carbocycles. The van der Waals surface area contributed by atoms with Crippen LogP contribution in [0.25, 0.3) is 0 Å². The number of ether oxygens (including phenoxy) is 3. The quantitative estimate of drug-likeness (QED) is 0.497. The van der Waals surface area contributed by atoms with Crippen LogP contribution in [0.15, 0.2) is 42.5 Å². The molecule has 0 saturated carbocycles. The molecule has 2 aliphatic heterocycles. The summed E-state index contributed by atoms with van der Waals surface area (Å²) in [7, 11) is 5.20. The Morgan fingerprint density at radius 3 is 2.41 bits per heavy atom. The average Bonchev–Trinajstić information content (AvgIpc) is 3.32. The van der Waals surface area contributed by atoms with E-state index in [2.05, 4.69) is 34.3 Å². The average molecular weight is 511 g/mol. The van der Waals surface area contributed by atoms with E-state index in [9.17, 15) is 9.59 Å². The SMILES string of the molecule is COc1cccc(OC)c1C(=O)N1CCN(CCOc2cccc(CN(C)CC3CCC(=O)N3)c2)CC1. The van der Waals surface area contributed by atoms with Crippen LogP contribution in [0, 0.1) is 0 Å². The third-order valence-corrected chi connectivity index (χ3v) is 6.95. The van der Waals surface area contributed by atoms with Gasteiger partial charge in [0, 0.05) is 58.3 Å². The van der Waals surface area contributed by atoms with Crippen LogP contribution in [0.1, 0.15) is 28.8 Å². The van der Waals surface area contributed by atoms with Crippen molar-refractivity contribution < 1.29 is 23.8 Å².